The molecule has 0 atom stereocenters. The molecule has 16 heavy (non-hydrogen) atoms. The van der Waals surface area contributed by atoms with Gasteiger partial charge < -0.3 is 14.5 Å². The summed E-state index contributed by atoms with van der Waals surface area (Å²) in [5, 5.41) is 7.68. The van der Waals surface area contributed by atoms with Crippen LogP contribution >= 0.6 is 0 Å². The molecule has 0 aromatic carbocycles. The first kappa shape index (κ1) is 11.4. The van der Waals surface area contributed by atoms with Crippen LogP contribution in [0.5, 0.6) is 0 Å². The minimum absolute atomic E-state index is 0.197. The summed E-state index contributed by atoms with van der Waals surface area (Å²) in [6.07, 6.45) is 2.46. The van der Waals surface area contributed by atoms with Crippen molar-refractivity contribution < 1.29 is 9.53 Å². The van der Waals surface area contributed by atoms with Gasteiger partial charge >= 0.3 is 0 Å². The highest BCUT2D eigenvalue weighted by atomic mass is 16.5. The van der Waals surface area contributed by atoms with Crippen molar-refractivity contribution in [1.29, 1.82) is 5.41 Å². The van der Waals surface area contributed by atoms with Gasteiger partial charge in [0.1, 0.15) is 0 Å². The molecule has 0 spiro atoms. The second-order valence-electron chi connectivity index (χ2n) is 4.28. The number of hydrogen-bond acceptors (Lipinski definition) is 3. The SMILES string of the molecule is N=C1CCCN1CCC(=O)N1CCOCC1. The summed E-state index contributed by atoms with van der Waals surface area (Å²) < 4.78 is 5.21. The summed E-state index contributed by atoms with van der Waals surface area (Å²) in [5.74, 6) is 0.887. The number of likely N-dealkylation sites (tertiary alicyclic amines) is 1. The van der Waals surface area contributed by atoms with Crippen molar-refractivity contribution in [2.24, 2.45) is 0 Å². The third-order valence-corrected chi connectivity index (χ3v) is 3.18. The van der Waals surface area contributed by atoms with E-state index < -0.39 is 0 Å². The van der Waals surface area contributed by atoms with Crippen molar-refractivity contribution in [3.05, 3.63) is 0 Å². The van der Waals surface area contributed by atoms with E-state index in [1.807, 2.05) is 9.80 Å². The van der Waals surface area contributed by atoms with Crippen LogP contribution in [-0.2, 0) is 9.53 Å². The summed E-state index contributed by atoms with van der Waals surface area (Å²) in [6.45, 7) is 4.40. The summed E-state index contributed by atoms with van der Waals surface area (Å²) in [5.41, 5.74) is 0. The van der Waals surface area contributed by atoms with Gasteiger partial charge in [0.05, 0.1) is 19.0 Å². The lowest BCUT2D eigenvalue weighted by Gasteiger charge is -2.27. The average Bonchev–Trinajstić information content (AvgIpc) is 2.73. The largest absolute Gasteiger partial charge is 0.378 e. The highest BCUT2D eigenvalue weighted by Gasteiger charge is 2.20. The van der Waals surface area contributed by atoms with E-state index in [4.69, 9.17) is 10.1 Å². The van der Waals surface area contributed by atoms with Crippen molar-refractivity contribution in [3.63, 3.8) is 0 Å². The highest BCUT2D eigenvalue weighted by Crippen LogP contribution is 2.11. The van der Waals surface area contributed by atoms with E-state index in [-0.39, 0.29) is 5.91 Å². The van der Waals surface area contributed by atoms with Crippen LogP contribution in [-0.4, -0.2) is 60.9 Å². The normalized spacial score (nSPS) is 21.6. The summed E-state index contributed by atoms with van der Waals surface area (Å²) in [6, 6.07) is 0. The molecule has 0 unspecified atom stereocenters. The Morgan fingerprint density at radius 3 is 2.69 bits per heavy atom. The molecule has 2 saturated heterocycles. The molecule has 2 aliphatic rings. The third kappa shape index (κ3) is 2.72. The first-order chi connectivity index (χ1) is 7.77. The summed E-state index contributed by atoms with van der Waals surface area (Å²) in [4.78, 5) is 15.7. The van der Waals surface area contributed by atoms with E-state index in [2.05, 4.69) is 0 Å². The lowest BCUT2D eigenvalue weighted by atomic mass is 10.3. The molecule has 0 saturated carbocycles. The van der Waals surface area contributed by atoms with Crippen molar-refractivity contribution in [1.82, 2.24) is 9.80 Å². The maximum Gasteiger partial charge on any atom is 0.224 e. The molecule has 5 heteroatoms. The molecule has 0 aromatic heterocycles. The number of rotatable bonds is 3. The molecule has 2 heterocycles. The molecule has 2 fully saturated rings. The topological polar surface area (TPSA) is 56.6 Å². The standard InChI is InChI=1S/C11H19N3O2/c12-10-2-1-4-13(10)5-3-11(15)14-6-8-16-9-7-14/h12H,1-9H2. The van der Waals surface area contributed by atoms with Gasteiger partial charge in [-0.25, -0.2) is 0 Å². The molecule has 90 valence electrons. The molecule has 1 amide bonds. The zero-order chi connectivity index (χ0) is 11.4. The quantitative estimate of drug-likeness (QED) is 0.752. The molecule has 5 nitrogen and oxygen atoms in total. The Bertz CT molecular complexity index is 274. The van der Waals surface area contributed by atoms with E-state index in [1.54, 1.807) is 0 Å². The maximum atomic E-state index is 11.8. The zero-order valence-corrected chi connectivity index (χ0v) is 9.57. The monoisotopic (exact) mass is 225 g/mol. The van der Waals surface area contributed by atoms with Crippen molar-refractivity contribution in [2.45, 2.75) is 19.3 Å². The maximum absolute atomic E-state index is 11.8. The van der Waals surface area contributed by atoms with Gasteiger partial charge in [-0.2, -0.15) is 0 Å². The predicted octanol–water partition coefficient (Wildman–Crippen LogP) is 0.308. The van der Waals surface area contributed by atoms with Crippen molar-refractivity contribution in [2.75, 3.05) is 39.4 Å². The van der Waals surface area contributed by atoms with Crippen LogP contribution in [0.1, 0.15) is 19.3 Å². The first-order valence-electron chi connectivity index (χ1n) is 5.95. The Morgan fingerprint density at radius 2 is 2.06 bits per heavy atom. The molecule has 0 bridgehead atoms. The van der Waals surface area contributed by atoms with Crippen LogP contribution in [0.15, 0.2) is 0 Å². The Kier molecular flexibility index (Phi) is 3.77. The summed E-state index contributed by atoms with van der Waals surface area (Å²) in [7, 11) is 0. The minimum Gasteiger partial charge on any atom is -0.378 e. The van der Waals surface area contributed by atoms with Crippen LogP contribution in [0.4, 0.5) is 0 Å². The molecular formula is C11H19N3O2. The van der Waals surface area contributed by atoms with Gasteiger partial charge in [-0.1, -0.05) is 0 Å². The van der Waals surface area contributed by atoms with Gasteiger partial charge in [-0.15, -0.1) is 0 Å². The van der Waals surface area contributed by atoms with Gasteiger partial charge in [0.25, 0.3) is 0 Å². The number of amides is 1. The van der Waals surface area contributed by atoms with Gasteiger partial charge in [0.15, 0.2) is 0 Å². The second-order valence-corrected chi connectivity index (χ2v) is 4.28. The van der Waals surface area contributed by atoms with Crippen LogP contribution < -0.4 is 0 Å². The molecule has 2 aliphatic heterocycles. The van der Waals surface area contributed by atoms with Gasteiger partial charge in [0.2, 0.25) is 5.91 Å². The molecular weight excluding hydrogens is 206 g/mol. The van der Waals surface area contributed by atoms with Crippen molar-refractivity contribution >= 4 is 11.7 Å². The molecule has 1 N–H and O–H groups in total. The lowest BCUT2D eigenvalue weighted by Crippen LogP contribution is -2.42. The van der Waals surface area contributed by atoms with E-state index in [1.165, 1.54) is 0 Å². The van der Waals surface area contributed by atoms with E-state index in [0.29, 0.717) is 32.0 Å². The Hall–Kier alpha value is -1.10. The molecule has 2 rings (SSSR count). The van der Waals surface area contributed by atoms with E-state index in [9.17, 15) is 4.79 Å². The fraction of sp³-hybridized carbons (Fsp3) is 0.818. The van der Waals surface area contributed by atoms with Crippen molar-refractivity contribution in [3.8, 4) is 0 Å². The summed E-state index contributed by atoms with van der Waals surface area (Å²) >= 11 is 0. The smallest absolute Gasteiger partial charge is 0.224 e. The van der Waals surface area contributed by atoms with Gasteiger partial charge in [-0.3, -0.25) is 10.2 Å². The predicted molar refractivity (Wildman–Crippen MR) is 60.5 cm³/mol. The van der Waals surface area contributed by atoms with E-state index in [0.717, 1.165) is 32.5 Å². The molecule has 0 aromatic rings. The van der Waals surface area contributed by atoms with Crippen LogP contribution in [0.2, 0.25) is 0 Å². The Labute approximate surface area is 95.9 Å². The zero-order valence-electron chi connectivity index (χ0n) is 9.57. The Morgan fingerprint density at radius 1 is 1.31 bits per heavy atom. The van der Waals surface area contributed by atoms with Crippen LogP contribution in [0.25, 0.3) is 0 Å². The number of ether oxygens (including phenoxy) is 1. The lowest BCUT2D eigenvalue weighted by molar-refractivity contribution is -0.135. The number of carbonyl (C=O) groups excluding carboxylic acids is 1. The number of amidine groups is 1. The van der Waals surface area contributed by atoms with Crippen LogP contribution in [0.3, 0.4) is 0 Å². The number of carbonyl (C=O) groups is 1. The molecule has 0 aliphatic carbocycles. The van der Waals surface area contributed by atoms with E-state index >= 15 is 0 Å². The highest BCUT2D eigenvalue weighted by molar-refractivity contribution is 5.82. The van der Waals surface area contributed by atoms with Crippen LogP contribution in [0, 0.1) is 5.41 Å². The van der Waals surface area contributed by atoms with Gasteiger partial charge in [-0.05, 0) is 6.42 Å². The minimum atomic E-state index is 0.197. The Balaban J connectivity index is 1.72. The third-order valence-electron chi connectivity index (χ3n) is 3.18. The fourth-order valence-electron chi connectivity index (χ4n) is 2.18. The fourth-order valence-corrected chi connectivity index (χ4v) is 2.18. The molecule has 0 radical (unpaired) electrons. The number of morpholine rings is 1. The number of nitrogens with one attached hydrogen (secondary N) is 1. The first-order valence-corrected chi connectivity index (χ1v) is 5.95. The number of nitrogens with zero attached hydrogens (tertiary/aromatic N) is 2. The average molecular weight is 225 g/mol. The number of hydrogen-bond donors (Lipinski definition) is 1. The second kappa shape index (κ2) is 5.30. The van der Waals surface area contributed by atoms with Gasteiger partial charge in [0, 0.05) is 39.0 Å².